The van der Waals surface area contributed by atoms with Crippen LogP contribution in [-0.4, -0.2) is 50.8 Å². The van der Waals surface area contributed by atoms with Crippen molar-refractivity contribution in [2.24, 2.45) is 0 Å². The van der Waals surface area contributed by atoms with Crippen LogP contribution in [0.25, 0.3) is 33.7 Å². The number of amides is 3. The van der Waals surface area contributed by atoms with E-state index < -0.39 is 24.3 Å². The van der Waals surface area contributed by atoms with Crippen molar-refractivity contribution in [3.8, 4) is 33.7 Å². The third-order valence-electron chi connectivity index (χ3n) is 11.2. The molecule has 0 aliphatic carbocycles. The quantitative estimate of drug-likeness (QED) is 0.0802. The van der Waals surface area contributed by atoms with E-state index in [1.807, 2.05) is 164 Å². The molecule has 4 atom stereocenters. The third-order valence-corrected chi connectivity index (χ3v) is 12.2. The Balaban J connectivity index is 0.879. The van der Waals surface area contributed by atoms with Crippen molar-refractivity contribution in [2.75, 3.05) is 5.75 Å². The number of likely N-dealkylation sites (tertiary alicyclic amines) is 1. The summed E-state index contributed by atoms with van der Waals surface area (Å²) in [6, 6.07) is 51.7. The second kappa shape index (κ2) is 19.7. The summed E-state index contributed by atoms with van der Waals surface area (Å²) >= 11 is 1.51. The third kappa shape index (κ3) is 10.0. The minimum Gasteiger partial charge on any atom is -0.445 e. The molecule has 7 aromatic rings. The maximum atomic E-state index is 13.3. The number of imide groups is 1. The molecule has 1 aromatic heterocycles. The van der Waals surface area contributed by atoms with Gasteiger partial charge in [-0.1, -0.05) is 169 Å². The van der Waals surface area contributed by atoms with Gasteiger partial charge in [0.2, 0.25) is 5.91 Å². The summed E-state index contributed by atoms with van der Waals surface area (Å²) in [5.74, 6) is 0.438. The standard InChI is InChI=1S/C52H45N3O8S/c56-31-34-19-21-38(22-20-34)45-28-43(33-64-52-54-47(39-14-6-2-7-15-39)48(63-52)40-16-8-3-9-17-40)61-50(62-45)41-25-23-37(24-26-41)42-18-10-13-36(27-42)30-55-46(57)29-44(49(55)58)53-51(59)60-32-35-11-4-1-5-12-35/h1-27,43-45,50,56H,28-33H2,(H,53,59)/t43-,44?,45+,50+/m0/s1. The zero-order chi connectivity index (χ0) is 43.8. The Hall–Kier alpha value is -6.83. The summed E-state index contributed by atoms with van der Waals surface area (Å²) < 4.78 is 25.0. The van der Waals surface area contributed by atoms with Crippen LogP contribution in [0.4, 0.5) is 4.79 Å². The van der Waals surface area contributed by atoms with Crippen molar-refractivity contribution in [1.29, 1.82) is 0 Å². The van der Waals surface area contributed by atoms with Crippen molar-refractivity contribution in [2.45, 2.75) is 62.4 Å². The number of carbonyl (C=O) groups is 3. The summed E-state index contributed by atoms with van der Waals surface area (Å²) in [7, 11) is 0. The van der Waals surface area contributed by atoms with E-state index in [0.29, 0.717) is 23.2 Å². The number of oxazole rings is 1. The molecule has 6 aromatic carbocycles. The minimum absolute atomic E-state index is 0.0431. The molecule has 0 spiro atoms. The first-order chi connectivity index (χ1) is 31.4. The molecule has 322 valence electrons. The number of nitrogens with one attached hydrogen (secondary N) is 1. The molecular formula is C52H45N3O8S. The van der Waals surface area contributed by atoms with E-state index in [2.05, 4.69) is 5.32 Å². The van der Waals surface area contributed by atoms with Crippen LogP contribution in [0.3, 0.4) is 0 Å². The number of aliphatic hydroxyl groups excluding tert-OH is 1. The fourth-order valence-corrected chi connectivity index (χ4v) is 8.70. The second-order valence-corrected chi connectivity index (χ2v) is 16.6. The topological polar surface area (TPSA) is 140 Å². The van der Waals surface area contributed by atoms with Gasteiger partial charge in [0.1, 0.15) is 18.3 Å². The van der Waals surface area contributed by atoms with Crippen molar-refractivity contribution >= 4 is 29.7 Å². The average molecular weight is 872 g/mol. The SMILES string of the molecule is O=C(NC1CC(=O)N(Cc2cccc(-c3ccc([C@@H]4O[C@H](CSc5nc(-c6ccccc6)c(-c6ccccc6)o5)C[C@H](c5ccc(CO)cc5)O4)cc3)c2)C1=O)OCc1ccccc1. The van der Waals surface area contributed by atoms with Gasteiger partial charge < -0.3 is 29.1 Å². The van der Waals surface area contributed by atoms with E-state index in [9.17, 15) is 19.5 Å². The van der Waals surface area contributed by atoms with E-state index in [1.165, 1.54) is 16.7 Å². The van der Waals surface area contributed by atoms with E-state index in [-0.39, 0.29) is 44.3 Å². The predicted octanol–water partition coefficient (Wildman–Crippen LogP) is 10.1. The number of benzene rings is 6. The van der Waals surface area contributed by atoms with E-state index in [0.717, 1.165) is 55.8 Å². The van der Waals surface area contributed by atoms with Crippen LogP contribution < -0.4 is 5.32 Å². The van der Waals surface area contributed by atoms with Crippen LogP contribution in [0.2, 0.25) is 0 Å². The highest BCUT2D eigenvalue weighted by molar-refractivity contribution is 7.99. The van der Waals surface area contributed by atoms with Crippen molar-refractivity contribution < 1.29 is 38.1 Å². The normalized spacial score (nSPS) is 18.5. The minimum atomic E-state index is -0.991. The Morgan fingerprint density at radius 1 is 0.719 bits per heavy atom. The molecule has 1 unspecified atom stereocenters. The van der Waals surface area contributed by atoms with Gasteiger partial charge in [-0.2, -0.15) is 0 Å². The van der Waals surface area contributed by atoms with Gasteiger partial charge in [0.25, 0.3) is 11.1 Å². The highest BCUT2D eigenvalue weighted by atomic mass is 32.2. The van der Waals surface area contributed by atoms with Gasteiger partial charge in [-0.15, -0.1) is 0 Å². The summed E-state index contributed by atoms with van der Waals surface area (Å²) in [6.45, 7) is 0.0791. The van der Waals surface area contributed by atoms with Gasteiger partial charge in [-0.05, 0) is 39.4 Å². The Labute approximate surface area is 375 Å². The van der Waals surface area contributed by atoms with Crippen LogP contribution >= 0.6 is 11.8 Å². The predicted molar refractivity (Wildman–Crippen MR) is 242 cm³/mol. The van der Waals surface area contributed by atoms with Crippen molar-refractivity contribution in [3.63, 3.8) is 0 Å². The number of alkyl carbamates (subject to hydrolysis) is 1. The van der Waals surface area contributed by atoms with Crippen LogP contribution in [0.1, 0.15) is 53.1 Å². The molecule has 0 radical (unpaired) electrons. The Morgan fingerprint density at radius 2 is 1.38 bits per heavy atom. The van der Waals surface area contributed by atoms with E-state index in [4.69, 9.17) is 23.6 Å². The first kappa shape index (κ1) is 42.5. The number of nitrogens with zero attached hydrogens (tertiary/aromatic N) is 2. The molecule has 2 saturated heterocycles. The number of hydrogen-bond donors (Lipinski definition) is 2. The molecule has 64 heavy (non-hydrogen) atoms. The van der Waals surface area contributed by atoms with Crippen LogP contribution in [-0.2, 0) is 43.6 Å². The number of thioether (sulfide) groups is 1. The van der Waals surface area contributed by atoms with Crippen LogP contribution in [0.15, 0.2) is 173 Å². The fraction of sp³-hybridized carbons (Fsp3) is 0.192. The molecule has 9 rings (SSSR count). The molecule has 3 amide bonds. The average Bonchev–Trinajstić information content (AvgIpc) is 3.90. The summed E-state index contributed by atoms with van der Waals surface area (Å²) in [5, 5.41) is 12.8. The first-order valence-electron chi connectivity index (χ1n) is 21.1. The lowest BCUT2D eigenvalue weighted by Crippen LogP contribution is -2.41. The molecule has 3 heterocycles. The lowest BCUT2D eigenvalue weighted by atomic mass is 9.99. The van der Waals surface area contributed by atoms with Gasteiger partial charge in [-0.3, -0.25) is 14.5 Å². The number of carbonyl (C=O) groups excluding carboxylic acids is 3. The number of rotatable bonds is 14. The van der Waals surface area contributed by atoms with Gasteiger partial charge in [0, 0.05) is 28.9 Å². The number of hydrogen-bond acceptors (Lipinski definition) is 10. The fourth-order valence-electron chi connectivity index (χ4n) is 7.86. The largest absolute Gasteiger partial charge is 0.445 e. The lowest BCUT2D eigenvalue weighted by Gasteiger charge is -2.36. The van der Waals surface area contributed by atoms with Gasteiger partial charge in [0.15, 0.2) is 12.1 Å². The molecule has 12 heteroatoms. The maximum Gasteiger partial charge on any atom is 0.408 e. The van der Waals surface area contributed by atoms with Gasteiger partial charge >= 0.3 is 6.09 Å². The molecule has 11 nitrogen and oxygen atoms in total. The molecule has 2 aliphatic rings. The summed E-state index contributed by atoms with van der Waals surface area (Å²) in [6.07, 6.45) is -1.46. The monoisotopic (exact) mass is 871 g/mol. The van der Waals surface area contributed by atoms with Gasteiger partial charge in [-0.25, -0.2) is 9.78 Å². The van der Waals surface area contributed by atoms with E-state index in [1.54, 1.807) is 0 Å². The second-order valence-electron chi connectivity index (χ2n) is 15.7. The highest BCUT2D eigenvalue weighted by Crippen LogP contribution is 2.41. The molecule has 2 fully saturated rings. The van der Waals surface area contributed by atoms with Crippen LogP contribution in [0, 0.1) is 0 Å². The molecule has 0 saturated carbocycles. The van der Waals surface area contributed by atoms with Crippen LogP contribution in [0.5, 0.6) is 0 Å². The molecule has 2 aliphatic heterocycles. The van der Waals surface area contributed by atoms with Gasteiger partial charge in [0.05, 0.1) is 31.8 Å². The smallest absolute Gasteiger partial charge is 0.408 e. The van der Waals surface area contributed by atoms with Crippen molar-refractivity contribution in [1.82, 2.24) is 15.2 Å². The molecule has 0 bridgehead atoms. The number of aliphatic hydroxyl groups is 1. The summed E-state index contributed by atoms with van der Waals surface area (Å²) in [5.41, 5.74) is 8.76. The number of ether oxygens (including phenoxy) is 3. The zero-order valence-corrected chi connectivity index (χ0v) is 35.6. The Bertz CT molecular complexity index is 2640. The highest BCUT2D eigenvalue weighted by Gasteiger charge is 2.40. The first-order valence-corrected chi connectivity index (χ1v) is 22.1. The zero-order valence-electron chi connectivity index (χ0n) is 34.7. The Kier molecular flexibility index (Phi) is 13.1. The molecular weight excluding hydrogens is 827 g/mol. The van der Waals surface area contributed by atoms with E-state index >= 15 is 0 Å². The molecule has 2 N–H and O–H groups in total. The van der Waals surface area contributed by atoms with Crippen molar-refractivity contribution in [3.05, 3.63) is 192 Å². The number of aromatic nitrogens is 1. The maximum absolute atomic E-state index is 13.3. The Morgan fingerprint density at radius 3 is 2.09 bits per heavy atom. The summed E-state index contributed by atoms with van der Waals surface area (Å²) in [4.78, 5) is 44.8. The lowest BCUT2D eigenvalue weighted by molar-refractivity contribution is -0.245.